The molecule has 0 radical (unpaired) electrons. The van der Waals surface area contributed by atoms with Crippen LogP contribution in [-0.4, -0.2) is 22.4 Å². The molecule has 13 heavy (non-hydrogen) atoms. The summed E-state index contributed by atoms with van der Waals surface area (Å²) in [6.45, 7) is 0. The van der Waals surface area contributed by atoms with Gasteiger partial charge >= 0.3 is 0 Å². The fourth-order valence-corrected chi connectivity index (χ4v) is 1.99. The van der Waals surface area contributed by atoms with Crippen LogP contribution in [0.3, 0.4) is 0 Å². The molecule has 2 rings (SSSR count). The van der Waals surface area contributed by atoms with Gasteiger partial charge in [0.2, 0.25) is 0 Å². The van der Waals surface area contributed by atoms with E-state index in [0.29, 0.717) is 18.8 Å². The number of aliphatic hydroxyl groups is 2. The molecule has 0 saturated heterocycles. The van der Waals surface area contributed by atoms with E-state index in [0.717, 1.165) is 0 Å². The maximum atomic E-state index is 9.38. The van der Waals surface area contributed by atoms with Gasteiger partial charge in [0.05, 0.1) is 12.2 Å². The largest absolute Gasteiger partial charge is 0.390 e. The van der Waals surface area contributed by atoms with Gasteiger partial charge in [0, 0.05) is 0 Å². The summed E-state index contributed by atoms with van der Waals surface area (Å²) in [5.74, 6) is 0.325. The molecule has 1 aromatic carbocycles. The molecule has 1 saturated carbocycles. The molecule has 1 aromatic rings. The summed E-state index contributed by atoms with van der Waals surface area (Å²) in [6, 6.07) is 10.1. The van der Waals surface area contributed by atoms with Gasteiger partial charge in [-0.25, -0.2) is 0 Å². The van der Waals surface area contributed by atoms with Crippen molar-refractivity contribution in [2.24, 2.45) is 0 Å². The van der Waals surface area contributed by atoms with Crippen molar-refractivity contribution < 1.29 is 10.2 Å². The Morgan fingerprint density at radius 3 is 2.00 bits per heavy atom. The van der Waals surface area contributed by atoms with E-state index in [4.69, 9.17) is 0 Å². The van der Waals surface area contributed by atoms with E-state index in [1.54, 1.807) is 0 Å². The molecule has 1 unspecified atom stereocenters. The highest BCUT2D eigenvalue weighted by Gasteiger charge is 2.31. The van der Waals surface area contributed by atoms with Crippen LogP contribution in [0.25, 0.3) is 0 Å². The highest BCUT2D eigenvalue weighted by atomic mass is 16.3. The van der Waals surface area contributed by atoms with Crippen LogP contribution in [0.1, 0.15) is 24.3 Å². The molecule has 1 aliphatic rings. The Labute approximate surface area is 77.8 Å². The molecule has 0 bridgehead atoms. The normalized spacial score (nSPS) is 33.5. The maximum Gasteiger partial charge on any atom is 0.0805 e. The lowest BCUT2D eigenvalue weighted by molar-refractivity contribution is 0.0438. The van der Waals surface area contributed by atoms with Crippen molar-refractivity contribution in [1.29, 1.82) is 0 Å². The monoisotopic (exact) mass is 178 g/mol. The Morgan fingerprint density at radius 1 is 0.923 bits per heavy atom. The van der Waals surface area contributed by atoms with E-state index < -0.39 is 12.2 Å². The number of aliphatic hydroxyl groups excluding tert-OH is 2. The fraction of sp³-hybridized carbons (Fsp3) is 0.455. The zero-order valence-electron chi connectivity index (χ0n) is 7.43. The second-order valence-corrected chi connectivity index (χ2v) is 3.71. The minimum atomic E-state index is -0.537. The lowest BCUT2D eigenvalue weighted by atomic mass is 9.98. The molecule has 0 amide bonds. The van der Waals surface area contributed by atoms with Crippen LogP contribution >= 0.6 is 0 Å². The van der Waals surface area contributed by atoms with Gasteiger partial charge in [-0.1, -0.05) is 30.3 Å². The predicted octanol–water partition coefficient (Wildman–Crippen LogP) is 1.29. The van der Waals surface area contributed by atoms with Gasteiger partial charge in [-0.05, 0) is 24.3 Å². The second-order valence-electron chi connectivity index (χ2n) is 3.71. The Bertz CT molecular complexity index is 261. The van der Waals surface area contributed by atoms with E-state index in [1.807, 2.05) is 18.2 Å². The summed E-state index contributed by atoms with van der Waals surface area (Å²) >= 11 is 0. The van der Waals surface area contributed by atoms with Crippen molar-refractivity contribution >= 4 is 0 Å². The highest BCUT2D eigenvalue weighted by molar-refractivity contribution is 5.21. The third-order valence-electron chi connectivity index (χ3n) is 2.77. The number of hydrogen-bond acceptors (Lipinski definition) is 2. The second kappa shape index (κ2) is 3.48. The summed E-state index contributed by atoms with van der Waals surface area (Å²) in [7, 11) is 0. The third kappa shape index (κ3) is 1.74. The molecule has 2 heteroatoms. The average Bonchev–Trinajstić information content (AvgIpc) is 2.49. The molecule has 1 fully saturated rings. The van der Waals surface area contributed by atoms with Crippen molar-refractivity contribution in [3.8, 4) is 0 Å². The van der Waals surface area contributed by atoms with Crippen LogP contribution in [0, 0.1) is 0 Å². The minimum Gasteiger partial charge on any atom is -0.390 e. The van der Waals surface area contributed by atoms with Crippen LogP contribution in [0.15, 0.2) is 30.3 Å². The van der Waals surface area contributed by atoms with Crippen molar-refractivity contribution in [2.45, 2.75) is 31.0 Å². The Hall–Kier alpha value is -0.860. The van der Waals surface area contributed by atoms with Gasteiger partial charge in [0.1, 0.15) is 0 Å². The number of rotatable bonds is 1. The smallest absolute Gasteiger partial charge is 0.0805 e. The van der Waals surface area contributed by atoms with Crippen LogP contribution in [0.2, 0.25) is 0 Å². The molecule has 3 atom stereocenters. The standard InChI is InChI=1S/C11H14O2/c12-10-6-9(7-11(10)13)8-4-2-1-3-5-8/h1-5,9-13H,6-7H2/t9?,10-,11+. The predicted molar refractivity (Wildman–Crippen MR) is 50.4 cm³/mol. The summed E-state index contributed by atoms with van der Waals surface area (Å²) < 4.78 is 0. The first kappa shape index (κ1) is 8.73. The topological polar surface area (TPSA) is 40.5 Å². The van der Waals surface area contributed by atoms with Crippen molar-refractivity contribution in [3.05, 3.63) is 35.9 Å². The lowest BCUT2D eigenvalue weighted by Gasteiger charge is -2.07. The van der Waals surface area contributed by atoms with Gasteiger partial charge < -0.3 is 10.2 Å². The molecule has 1 aliphatic carbocycles. The van der Waals surface area contributed by atoms with Gasteiger partial charge in [0.15, 0.2) is 0 Å². The first-order valence-electron chi connectivity index (χ1n) is 4.68. The van der Waals surface area contributed by atoms with E-state index in [1.165, 1.54) is 5.56 Å². The van der Waals surface area contributed by atoms with Gasteiger partial charge in [-0.3, -0.25) is 0 Å². The fourth-order valence-electron chi connectivity index (χ4n) is 1.99. The van der Waals surface area contributed by atoms with Crippen molar-refractivity contribution in [1.82, 2.24) is 0 Å². The van der Waals surface area contributed by atoms with E-state index >= 15 is 0 Å². The zero-order valence-corrected chi connectivity index (χ0v) is 7.43. The summed E-state index contributed by atoms with van der Waals surface area (Å²) in [5, 5.41) is 18.8. The minimum absolute atomic E-state index is 0.325. The van der Waals surface area contributed by atoms with Crippen molar-refractivity contribution in [3.63, 3.8) is 0 Å². The maximum absolute atomic E-state index is 9.38. The molecule has 0 aromatic heterocycles. The first-order valence-corrected chi connectivity index (χ1v) is 4.68. The highest BCUT2D eigenvalue weighted by Crippen LogP contribution is 2.34. The van der Waals surface area contributed by atoms with E-state index in [-0.39, 0.29) is 0 Å². The van der Waals surface area contributed by atoms with Gasteiger partial charge in [-0.2, -0.15) is 0 Å². The molecule has 0 spiro atoms. The Balaban J connectivity index is 2.12. The van der Waals surface area contributed by atoms with E-state index in [2.05, 4.69) is 12.1 Å². The Kier molecular flexibility index (Phi) is 2.34. The molecule has 70 valence electrons. The average molecular weight is 178 g/mol. The summed E-state index contributed by atoms with van der Waals surface area (Å²) in [5.41, 5.74) is 1.22. The van der Waals surface area contributed by atoms with Gasteiger partial charge in [-0.15, -0.1) is 0 Å². The number of hydrogen-bond donors (Lipinski definition) is 2. The first-order chi connectivity index (χ1) is 6.27. The molecule has 2 nitrogen and oxygen atoms in total. The van der Waals surface area contributed by atoms with Crippen molar-refractivity contribution in [2.75, 3.05) is 0 Å². The SMILES string of the molecule is O[C@@H]1CC(c2ccccc2)C[C@@H]1O. The third-order valence-corrected chi connectivity index (χ3v) is 2.77. The lowest BCUT2D eigenvalue weighted by Crippen LogP contribution is -2.17. The Morgan fingerprint density at radius 2 is 1.46 bits per heavy atom. The van der Waals surface area contributed by atoms with Crippen LogP contribution in [0.4, 0.5) is 0 Å². The quantitative estimate of drug-likeness (QED) is 0.680. The van der Waals surface area contributed by atoms with Crippen LogP contribution < -0.4 is 0 Å². The zero-order chi connectivity index (χ0) is 9.26. The van der Waals surface area contributed by atoms with Crippen LogP contribution in [0.5, 0.6) is 0 Å². The van der Waals surface area contributed by atoms with Gasteiger partial charge in [0.25, 0.3) is 0 Å². The van der Waals surface area contributed by atoms with Crippen LogP contribution in [-0.2, 0) is 0 Å². The summed E-state index contributed by atoms with van der Waals surface area (Å²) in [6.07, 6.45) is 0.298. The molecular formula is C11H14O2. The number of benzene rings is 1. The molecule has 2 N–H and O–H groups in total. The summed E-state index contributed by atoms with van der Waals surface area (Å²) in [4.78, 5) is 0. The molecule has 0 heterocycles. The molecule has 0 aliphatic heterocycles. The molecular weight excluding hydrogens is 164 g/mol. The van der Waals surface area contributed by atoms with E-state index in [9.17, 15) is 10.2 Å².